The number of benzene rings is 1. The molecular formula is C18H23ClN4O2S. The molecule has 0 bridgehead atoms. The Morgan fingerprint density at radius 1 is 1.38 bits per heavy atom. The number of piperidine rings is 1. The normalized spacial score (nSPS) is 17.3. The van der Waals surface area contributed by atoms with Gasteiger partial charge in [-0.1, -0.05) is 42.4 Å². The van der Waals surface area contributed by atoms with Crippen molar-refractivity contribution >= 4 is 29.3 Å². The Labute approximate surface area is 162 Å². The first-order valence-corrected chi connectivity index (χ1v) is 10.1. The van der Waals surface area contributed by atoms with Crippen molar-refractivity contribution < 1.29 is 9.53 Å². The molecule has 1 aliphatic rings. The second-order valence-corrected chi connectivity index (χ2v) is 7.90. The minimum atomic E-state index is 0.165. The monoisotopic (exact) mass is 394 g/mol. The Morgan fingerprint density at radius 3 is 2.96 bits per heavy atom. The number of hydrogen-bond donors (Lipinski definition) is 0. The molecule has 1 saturated heterocycles. The van der Waals surface area contributed by atoms with Gasteiger partial charge in [-0.15, -0.1) is 10.2 Å². The fourth-order valence-corrected chi connectivity index (χ4v) is 3.96. The fraction of sp³-hybridized carbons (Fsp3) is 0.500. The number of nitrogens with zero attached hydrogens (tertiary/aromatic N) is 4. The molecule has 3 rings (SSSR count). The van der Waals surface area contributed by atoms with Crippen LogP contribution in [0.4, 0.5) is 0 Å². The molecule has 1 aromatic carbocycles. The molecule has 2 aromatic rings. The first kappa shape index (κ1) is 19.0. The number of carbonyl (C=O) groups is 1. The van der Waals surface area contributed by atoms with Crippen LogP contribution in [0.3, 0.4) is 0 Å². The van der Waals surface area contributed by atoms with Crippen LogP contribution in [0.2, 0.25) is 5.02 Å². The third-order valence-corrected chi connectivity index (χ3v) is 5.77. The molecule has 1 amide bonds. The Bertz CT molecular complexity index is 767. The fourth-order valence-electron chi connectivity index (χ4n) is 2.93. The highest BCUT2D eigenvalue weighted by atomic mass is 35.5. The van der Waals surface area contributed by atoms with Crippen LogP contribution in [-0.2, 0) is 18.4 Å². The number of ether oxygens (including phenoxy) is 1. The van der Waals surface area contributed by atoms with Crippen LogP contribution in [0.25, 0.3) is 0 Å². The van der Waals surface area contributed by atoms with E-state index in [1.54, 1.807) is 6.07 Å². The summed E-state index contributed by atoms with van der Waals surface area (Å²) in [6, 6.07) is 7.31. The molecule has 1 aromatic heterocycles. The van der Waals surface area contributed by atoms with Gasteiger partial charge < -0.3 is 14.2 Å². The molecule has 1 atom stereocenters. The lowest BCUT2D eigenvalue weighted by Crippen LogP contribution is -2.40. The molecule has 26 heavy (non-hydrogen) atoms. The minimum absolute atomic E-state index is 0.165. The highest BCUT2D eigenvalue weighted by Crippen LogP contribution is 2.24. The van der Waals surface area contributed by atoms with E-state index in [0.29, 0.717) is 33.4 Å². The van der Waals surface area contributed by atoms with Crippen LogP contribution < -0.4 is 4.74 Å². The number of aromatic nitrogens is 3. The first-order valence-electron chi connectivity index (χ1n) is 8.70. The lowest BCUT2D eigenvalue weighted by atomic mass is 10.0. The number of likely N-dealkylation sites (tertiary alicyclic amines) is 1. The summed E-state index contributed by atoms with van der Waals surface area (Å²) >= 11 is 7.50. The van der Waals surface area contributed by atoms with E-state index in [2.05, 4.69) is 17.1 Å². The third-order valence-electron chi connectivity index (χ3n) is 4.45. The van der Waals surface area contributed by atoms with E-state index >= 15 is 0 Å². The quantitative estimate of drug-likeness (QED) is 0.703. The van der Waals surface area contributed by atoms with Crippen molar-refractivity contribution in [2.75, 3.05) is 18.8 Å². The maximum atomic E-state index is 12.4. The lowest BCUT2D eigenvalue weighted by molar-refractivity contribution is -0.130. The van der Waals surface area contributed by atoms with Gasteiger partial charge >= 0.3 is 0 Å². The zero-order chi connectivity index (χ0) is 18.5. The van der Waals surface area contributed by atoms with E-state index in [0.717, 1.165) is 19.5 Å². The zero-order valence-electron chi connectivity index (χ0n) is 15.0. The Kier molecular flexibility index (Phi) is 6.43. The molecule has 0 spiro atoms. The van der Waals surface area contributed by atoms with E-state index in [4.69, 9.17) is 16.3 Å². The van der Waals surface area contributed by atoms with Gasteiger partial charge in [-0.25, -0.2) is 0 Å². The molecular weight excluding hydrogens is 372 g/mol. The molecule has 0 saturated carbocycles. The van der Waals surface area contributed by atoms with Crippen LogP contribution in [0.15, 0.2) is 29.4 Å². The summed E-state index contributed by atoms with van der Waals surface area (Å²) in [4.78, 5) is 14.3. The number of hydrogen-bond acceptors (Lipinski definition) is 5. The molecule has 8 heteroatoms. The number of amides is 1. The van der Waals surface area contributed by atoms with Crippen molar-refractivity contribution in [3.8, 4) is 5.75 Å². The van der Waals surface area contributed by atoms with E-state index in [9.17, 15) is 4.79 Å². The van der Waals surface area contributed by atoms with Gasteiger partial charge in [0.2, 0.25) is 5.91 Å². The molecule has 6 nitrogen and oxygen atoms in total. The summed E-state index contributed by atoms with van der Waals surface area (Å²) in [5, 5.41) is 9.61. The average Bonchev–Trinajstić information content (AvgIpc) is 2.99. The molecule has 0 N–H and O–H groups in total. The highest BCUT2D eigenvalue weighted by molar-refractivity contribution is 7.99. The van der Waals surface area contributed by atoms with Crippen molar-refractivity contribution in [2.45, 2.75) is 31.5 Å². The number of thioether (sulfide) groups is 1. The van der Waals surface area contributed by atoms with Gasteiger partial charge in [0.1, 0.15) is 12.4 Å². The van der Waals surface area contributed by atoms with E-state index in [1.165, 1.54) is 18.2 Å². The van der Waals surface area contributed by atoms with Crippen molar-refractivity contribution in [2.24, 2.45) is 13.0 Å². The minimum Gasteiger partial charge on any atom is -0.484 e. The largest absolute Gasteiger partial charge is 0.484 e. The van der Waals surface area contributed by atoms with Crippen LogP contribution in [0.1, 0.15) is 25.6 Å². The lowest BCUT2D eigenvalue weighted by Gasteiger charge is -2.30. The molecule has 140 valence electrons. The summed E-state index contributed by atoms with van der Waals surface area (Å²) in [6.07, 6.45) is 2.29. The Morgan fingerprint density at radius 2 is 2.19 bits per heavy atom. The number of rotatable bonds is 6. The number of carbonyl (C=O) groups excluding carboxylic acids is 1. The zero-order valence-corrected chi connectivity index (χ0v) is 16.6. The van der Waals surface area contributed by atoms with E-state index in [-0.39, 0.29) is 12.5 Å². The van der Waals surface area contributed by atoms with Crippen molar-refractivity contribution in [1.29, 1.82) is 0 Å². The van der Waals surface area contributed by atoms with Crippen molar-refractivity contribution in [3.63, 3.8) is 0 Å². The number of para-hydroxylation sites is 1. The van der Waals surface area contributed by atoms with Crippen molar-refractivity contribution in [3.05, 3.63) is 35.1 Å². The van der Waals surface area contributed by atoms with Crippen LogP contribution in [0.5, 0.6) is 5.75 Å². The van der Waals surface area contributed by atoms with E-state index < -0.39 is 0 Å². The van der Waals surface area contributed by atoms with Gasteiger partial charge in [-0.3, -0.25) is 4.79 Å². The maximum Gasteiger partial charge on any atom is 0.233 e. The maximum absolute atomic E-state index is 12.4. The standard InChI is InChI=1S/C18H23ClN4O2S/c1-13-6-5-9-23(10-13)17(24)12-26-18-21-20-16(22(18)2)11-25-15-8-4-3-7-14(15)19/h3-4,7-8,13H,5-6,9-12H2,1-2H3. The summed E-state index contributed by atoms with van der Waals surface area (Å²) < 4.78 is 7.56. The van der Waals surface area contributed by atoms with E-state index in [1.807, 2.05) is 34.7 Å². The van der Waals surface area contributed by atoms with Gasteiger partial charge in [0, 0.05) is 20.1 Å². The Hall–Kier alpha value is -1.73. The summed E-state index contributed by atoms with van der Waals surface area (Å²) in [7, 11) is 1.88. The molecule has 1 unspecified atom stereocenters. The second-order valence-electron chi connectivity index (χ2n) is 6.55. The summed E-state index contributed by atoms with van der Waals surface area (Å²) in [5.41, 5.74) is 0. The van der Waals surface area contributed by atoms with Crippen molar-refractivity contribution in [1.82, 2.24) is 19.7 Å². The topological polar surface area (TPSA) is 60.3 Å². The first-order chi connectivity index (χ1) is 12.5. The summed E-state index contributed by atoms with van der Waals surface area (Å²) in [5.74, 6) is 2.43. The smallest absolute Gasteiger partial charge is 0.233 e. The molecule has 2 heterocycles. The van der Waals surface area contributed by atoms with Gasteiger partial charge in [-0.2, -0.15) is 0 Å². The SMILES string of the molecule is CC1CCCN(C(=O)CSc2nnc(COc3ccccc3Cl)n2C)C1. The molecule has 1 aliphatic heterocycles. The van der Waals surface area contributed by atoms with Gasteiger partial charge in [0.15, 0.2) is 11.0 Å². The highest BCUT2D eigenvalue weighted by Gasteiger charge is 2.21. The van der Waals surface area contributed by atoms with Gasteiger partial charge in [0.05, 0.1) is 10.8 Å². The predicted octanol–water partition coefficient (Wildman–Crippen LogP) is 3.40. The third kappa shape index (κ3) is 4.71. The van der Waals surface area contributed by atoms with Crippen LogP contribution in [-0.4, -0.2) is 44.4 Å². The molecule has 1 fully saturated rings. The Balaban J connectivity index is 1.53. The van der Waals surface area contributed by atoms with Crippen LogP contribution >= 0.6 is 23.4 Å². The second kappa shape index (κ2) is 8.77. The average molecular weight is 395 g/mol. The van der Waals surface area contributed by atoms with Crippen LogP contribution in [0, 0.1) is 5.92 Å². The number of halogens is 1. The predicted molar refractivity (Wildman–Crippen MR) is 102 cm³/mol. The van der Waals surface area contributed by atoms with Gasteiger partial charge in [-0.05, 0) is 30.9 Å². The molecule has 0 radical (unpaired) electrons. The van der Waals surface area contributed by atoms with Gasteiger partial charge in [0.25, 0.3) is 0 Å². The molecule has 0 aliphatic carbocycles. The summed E-state index contributed by atoms with van der Waals surface area (Å²) in [6.45, 7) is 4.18.